The Morgan fingerprint density at radius 1 is 1.03 bits per heavy atom. The van der Waals surface area contributed by atoms with Crippen molar-refractivity contribution < 1.29 is 4.74 Å². The summed E-state index contributed by atoms with van der Waals surface area (Å²) in [6.07, 6.45) is 7.28. The van der Waals surface area contributed by atoms with Crippen molar-refractivity contribution in [1.82, 2.24) is 40.1 Å². The predicted octanol–water partition coefficient (Wildman–Crippen LogP) is 3.56. The summed E-state index contributed by atoms with van der Waals surface area (Å²) in [5.74, 6) is 0.707. The van der Waals surface area contributed by atoms with Crippen molar-refractivity contribution in [3.05, 3.63) is 43.0 Å². The number of methoxy groups -OCH3 is 1. The van der Waals surface area contributed by atoms with Crippen LogP contribution in [0, 0.1) is 0 Å². The van der Waals surface area contributed by atoms with Crippen molar-refractivity contribution in [2.24, 2.45) is 0 Å². The molecule has 1 aromatic carbocycles. The molecule has 9 nitrogen and oxygen atoms in total. The van der Waals surface area contributed by atoms with Crippen LogP contribution >= 0.6 is 0 Å². The number of hydrogen-bond acceptors (Lipinski definition) is 7. The lowest BCUT2D eigenvalue weighted by Crippen LogP contribution is -2.58. The van der Waals surface area contributed by atoms with Crippen molar-refractivity contribution in [2.75, 3.05) is 7.11 Å². The lowest BCUT2D eigenvalue weighted by molar-refractivity contribution is 0.127. The zero-order valence-electron chi connectivity index (χ0n) is 19.1. The minimum Gasteiger partial charge on any atom is -0.496 e. The van der Waals surface area contributed by atoms with Crippen LogP contribution < -0.4 is 10.1 Å². The van der Waals surface area contributed by atoms with Gasteiger partial charge in [0.1, 0.15) is 11.3 Å². The first kappa shape index (κ1) is 20.6. The first-order valence-electron chi connectivity index (χ1n) is 10.8. The van der Waals surface area contributed by atoms with E-state index >= 15 is 0 Å². The number of nitrogens with zero attached hydrogens (tertiary/aromatic N) is 7. The van der Waals surface area contributed by atoms with Gasteiger partial charge in [0.2, 0.25) is 5.65 Å². The van der Waals surface area contributed by atoms with E-state index in [-0.39, 0.29) is 17.1 Å². The number of hydrogen-bond donors (Lipinski definition) is 1. The van der Waals surface area contributed by atoms with E-state index in [4.69, 9.17) is 4.74 Å². The molecule has 0 unspecified atom stereocenters. The average Bonchev–Trinajstić information content (AvgIpc) is 3.40. The summed E-state index contributed by atoms with van der Waals surface area (Å²) in [6, 6.07) is 8.07. The minimum absolute atomic E-state index is 0.00239. The molecule has 0 bridgehead atoms. The highest BCUT2D eigenvalue weighted by molar-refractivity contribution is 5.78. The summed E-state index contributed by atoms with van der Waals surface area (Å²) in [4.78, 5) is 4.11. The van der Waals surface area contributed by atoms with Crippen LogP contribution in [0.4, 0.5) is 0 Å². The van der Waals surface area contributed by atoms with E-state index in [1.807, 2.05) is 39.7 Å². The Balaban J connectivity index is 1.51. The van der Waals surface area contributed by atoms with E-state index in [1.165, 1.54) is 0 Å². The standard InChI is InChI=1S/C23H28N8O/c1-22(2)12-16(13-23(3,4)28-22)31-21-19(26-29-31)11-18(25-27-21)17-7-6-15(10-20(17)32-5)30-9-8-24-14-30/h6-11,14,16,28H,12-13H2,1-5H3. The Morgan fingerprint density at radius 3 is 2.50 bits per heavy atom. The zero-order valence-corrected chi connectivity index (χ0v) is 19.1. The SMILES string of the molecule is COc1cc(-n2ccnc2)ccc1-c1cc2nnn(C3CC(C)(C)NC(C)(C)C3)c2nn1. The topological polar surface area (TPSA) is 95.6 Å². The zero-order chi connectivity index (χ0) is 22.5. The van der Waals surface area contributed by atoms with Gasteiger partial charge in [-0.15, -0.1) is 15.3 Å². The van der Waals surface area contributed by atoms with Crippen LogP contribution in [-0.2, 0) is 0 Å². The van der Waals surface area contributed by atoms with Gasteiger partial charge in [-0.25, -0.2) is 9.67 Å². The predicted molar refractivity (Wildman–Crippen MR) is 122 cm³/mol. The molecule has 9 heteroatoms. The van der Waals surface area contributed by atoms with Crippen LogP contribution in [0.2, 0.25) is 0 Å². The van der Waals surface area contributed by atoms with Crippen LogP contribution in [0.25, 0.3) is 28.1 Å². The van der Waals surface area contributed by atoms with Crippen LogP contribution in [0.15, 0.2) is 43.0 Å². The smallest absolute Gasteiger partial charge is 0.201 e. The molecule has 1 aliphatic rings. The quantitative estimate of drug-likeness (QED) is 0.527. The molecule has 0 atom stereocenters. The lowest BCUT2D eigenvalue weighted by atomic mass is 9.80. The molecule has 0 amide bonds. The first-order chi connectivity index (χ1) is 15.2. The van der Waals surface area contributed by atoms with Crippen molar-refractivity contribution in [3.8, 4) is 22.7 Å². The van der Waals surface area contributed by atoms with Crippen molar-refractivity contribution >= 4 is 11.2 Å². The van der Waals surface area contributed by atoms with Gasteiger partial charge >= 0.3 is 0 Å². The van der Waals surface area contributed by atoms with Crippen LogP contribution in [0.3, 0.4) is 0 Å². The highest BCUT2D eigenvalue weighted by atomic mass is 16.5. The number of piperidine rings is 1. The molecule has 166 valence electrons. The van der Waals surface area contributed by atoms with Crippen molar-refractivity contribution in [3.63, 3.8) is 0 Å². The number of aromatic nitrogens is 7. The largest absolute Gasteiger partial charge is 0.496 e. The molecular formula is C23H28N8O. The Kier molecular flexibility index (Phi) is 4.74. The van der Waals surface area contributed by atoms with E-state index in [0.717, 1.165) is 29.6 Å². The van der Waals surface area contributed by atoms with Gasteiger partial charge in [-0.1, -0.05) is 5.21 Å². The fraction of sp³-hybridized carbons (Fsp3) is 0.435. The Bertz CT molecular complexity index is 1240. The van der Waals surface area contributed by atoms with E-state index in [0.29, 0.717) is 17.1 Å². The fourth-order valence-corrected chi connectivity index (χ4v) is 5.03. The maximum absolute atomic E-state index is 5.65. The third-order valence-electron chi connectivity index (χ3n) is 6.00. The monoisotopic (exact) mass is 432 g/mol. The number of imidazole rings is 1. The molecule has 0 saturated carbocycles. The van der Waals surface area contributed by atoms with Gasteiger partial charge in [0.15, 0.2) is 0 Å². The second-order valence-electron chi connectivity index (χ2n) is 9.78. The molecule has 1 saturated heterocycles. The van der Waals surface area contributed by atoms with Gasteiger partial charge in [0.25, 0.3) is 0 Å². The minimum atomic E-state index is 0.00239. The van der Waals surface area contributed by atoms with Crippen LogP contribution in [0.1, 0.15) is 46.6 Å². The summed E-state index contributed by atoms with van der Waals surface area (Å²) in [6.45, 7) is 8.90. The Morgan fingerprint density at radius 2 is 1.81 bits per heavy atom. The van der Waals surface area contributed by atoms with Crippen LogP contribution in [0.5, 0.6) is 5.75 Å². The third-order valence-corrected chi connectivity index (χ3v) is 6.00. The third kappa shape index (κ3) is 3.73. The van der Waals surface area contributed by atoms with Gasteiger partial charge in [0.05, 0.1) is 30.9 Å². The number of ether oxygens (including phenoxy) is 1. The Hall–Kier alpha value is -3.33. The second kappa shape index (κ2) is 7.37. The summed E-state index contributed by atoms with van der Waals surface area (Å²) >= 11 is 0. The molecule has 4 heterocycles. The number of rotatable bonds is 4. The maximum atomic E-state index is 5.65. The normalized spacial score (nSPS) is 18.2. The molecule has 1 N–H and O–H groups in total. The molecule has 4 aromatic rings. The van der Waals surface area contributed by atoms with Gasteiger partial charge < -0.3 is 14.6 Å². The van der Waals surface area contributed by atoms with Crippen molar-refractivity contribution in [2.45, 2.75) is 57.7 Å². The van der Waals surface area contributed by atoms with Gasteiger partial charge in [0, 0.05) is 35.1 Å². The van der Waals surface area contributed by atoms with E-state index in [9.17, 15) is 0 Å². The summed E-state index contributed by atoms with van der Waals surface area (Å²) in [7, 11) is 1.65. The molecule has 1 aliphatic heterocycles. The maximum Gasteiger partial charge on any atom is 0.201 e. The molecule has 0 aliphatic carbocycles. The van der Waals surface area contributed by atoms with Gasteiger partial charge in [-0.2, -0.15) is 0 Å². The highest BCUT2D eigenvalue weighted by Gasteiger charge is 2.39. The van der Waals surface area contributed by atoms with E-state index < -0.39 is 0 Å². The van der Waals surface area contributed by atoms with Crippen LogP contribution in [-0.4, -0.2) is 52.9 Å². The molecule has 0 radical (unpaired) electrons. The molecule has 3 aromatic heterocycles. The summed E-state index contributed by atoms with van der Waals surface area (Å²) in [5, 5.41) is 21.7. The number of fused-ring (bicyclic) bond motifs is 1. The molecule has 32 heavy (non-hydrogen) atoms. The van der Waals surface area contributed by atoms with Crippen molar-refractivity contribution in [1.29, 1.82) is 0 Å². The Labute approximate surface area is 186 Å². The van der Waals surface area contributed by atoms with E-state index in [1.54, 1.807) is 19.6 Å². The first-order valence-corrected chi connectivity index (χ1v) is 10.8. The second-order valence-corrected chi connectivity index (χ2v) is 9.78. The molecule has 5 rings (SSSR count). The van der Waals surface area contributed by atoms with Gasteiger partial charge in [-0.05, 0) is 58.7 Å². The molecule has 1 fully saturated rings. The number of benzene rings is 1. The lowest BCUT2D eigenvalue weighted by Gasteiger charge is -2.46. The molecule has 0 spiro atoms. The average molecular weight is 433 g/mol. The highest BCUT2D eigenvalue weighted by Crippen LogP contribution is 2.37. The summed E-state index contributed by atoms with van der Waals surface area (Å²) < 4.78 is 9.51. The number of nitrogens with one attached hydrogen (secondary N) is 1. The fourth-order valence-electron chi connectivity index (χ4n) is 5.03. The van der Waals surface area contributed by atoms with E-state index in [2.05, 4.69) is 58.5 Å². The summed E-state index contributed by atoms with van der Waals surface area (Å²) in [5.41, 5.74) is 3.95. The van der Waals surface area contributed by atoms with Gasteiger partial charge in [-0.3, -0.25) is 0 Å². The molecular weight excluding hydrogens is 404 g/mol.